The van der Waals surface area contributed by atoms with E-state index in [4.69, 9.17) is 0 Å². The van der Waals surface area contributed by atoms with Gasteiger partial charge in [-0.3, -0.25) is 19.3 Å². The molecule has 1 aliphatic carbocycles. The van der Waals surface area contributed by atoms with Crippen LogP contribution < -0.4 is 5.32 Å². The fraction of sp³-hybridized carbons (Fsp3) is 0.471. The first-order chi connectivity index (χ1) is 11.0. The van der Waals surface area contributed by atoms with Gasteiger partial charge in [0.1, 0.15) is 12.4 Å². The molecule has 3 rings (SSSR count). The molecule has 1 saturated heterocycles. The van der Waals surface area contributed by atoms with E-state index in [0.29, 0.717) is 11.3 Å². The Morgan fingerprint density at radius 2 is 1.83 bits per heavy atom. The Bertz CT molecular complexity index is 650. The number of amides is 3. The van der Waals surface area contributed by atoms with Crippen molar-refractivity contribution < 1.29 is 18.8 Å². The second kappa shape index (κ2) is 6.10. The third kappa shape index (κ3) is 2.98. The lowest BCUT2D eigenvalue weighted by molar-refractivity contribution is -0.142. The summed E-state index contributed by atoms with van der Waals surface area (Å²) in [5.74, 6) is -1.96. The summed E-state index contributed by atoms with van der Waals surface area (Å²) in [4.78, 5) is 37.9. The number of hydrogen-bond acceptors (Lipinski definition) is 3. The number of nitrogens with one attached hydrogen (secondary N) is 1. The monoisotopic (exact) mass is 318 g/mol. The smallest absolute Gasteiger partial charge is 0.244 e. The SMILES string of the molecule is Cc1ccc(F)cc1NC(=O)CN1C(=O)[C@H]2CCCC[C@@H]2C1=O. The van der Waals surface area contributed by atoms with Crippen LogP contribution in [0.25, 0.3) is 0 Å². The summed E-state index contributed by atoms with van der Waals surface area (Å²) in [6.07, 6.45) is 3.33. The number of aryl methyl sites for hydroxylation is 1. The molecular formula is C17H19FN2O3. The van der Waals surface area contributed by atoms with E-state index in [0.717, 1.165) is 30.6 Å². The molecule has 122 valence electrons. The van der Waals surface area contributed by atoms with Crippen molar-refractivity contribution in [3.8, 4) is 0 Å². The Morgan fingerprint density at radius 1 is 1.22 bits per heavy atom. The van der Waals surface area contributed by atoms with Gasteiger partial charge < -0.3 is 5.32 Å². The molecule has 0 bridgehead atoms. The van der Waals surface area contributed by atoms with Crippen molar-refractivity contribution in [1.82, 2.24) is 4.90 Å². The number of imide groups is 1. The quantitative estimate of drug-likeness (QED) is 0.869. The summed E-state index contributed by atoms with van der Waals surface area (Å²) in [5, 5.41) is 2.58. The maximum atomic E-state index is 13.3. The van der Waals surface area contributed by atoms with E-state index in [9.17, 15) is 18.8 Å². The number of nitrogens with zero attached hydrogens (tertiary/aromatic N) is 1. The van der Waals surface area contributed by atoms with Crippen molar-refractivity contribution in [3.05, 3.63) is 29.6 Å². The van der Waals surface area contributed by atoms with Crippen molar-refractivity contribution in [3.63, 3.8) is 0 Å². The predicted octanol–water partition coefficient (Wildman–Crippen LogP) is 2.25. The van der Waals surface area contributed by atoms with E-state index in [-0.39, 0.29) is 30.2 Å². The summed E-state index contributed by atoms with van der Waals surface area (Å²) in [6.45, 7) is 1.44. The zero-order chi connectivity index (χ0) is 16.6. The Labute approximate surface area is 133 Å². The Hall–Kier alpha value is -2.24. The second-order valence-electron chi connectivity index (χ2n) is 6.27. The molecule has 2 aliphatic rings. The molecule has 5 nitrogen and oxygen atoms in total. The lowest BCUT2D eigenvalue weighted by atomic mass is 9.81. The minimum absolute atomic E-state index is 0.245. The molecule has 1 aromatic carbocycles. The molecule has 1 N–H and O–H groups in total. The second-order valence-corrected chi connectivity index (χ2v) is 6.27. The van der Waals surface area contributed by atoms with Crippen LogP contribution in [0.15, 0.2) is 18.2 Å². The van der Waals surface area contributed by atoms with E-state index in [2.05, 4.69) is 5.32 Å². The zero-order valence-corrected chi connectivity index (χ0v) is 13.0. The van der Waals surface area contributed by atoms with Gasteiger partial charge in [0, 0.05) is 5.69 Å². The summed E-state index contributed by atoms with van der Waals surface area (Å²) in [6, 6.07) is 4.09. The van der Waals surface area contributed by atoms with Crippen LogP contribution in [0.5, 0.6) is 0 Å². The number of rotatable bonds is 3. The van der Waals surface area contributed by atoms with E-state index in [1.165, 1.54) is 12.1 Å². The number of fused-ring (bicyclic) bond motifs is 1. The van der Waals surface area contributed by atoms with Crippen LogP contribution in [-0.4, -0.2) is 29.2 Å². The van der Waals surface area contributed by atoms with Crippen molar-refractivity contribution in [2.75, 3.05) is 11.9 Å². The standard InChI is InChI=1S/C17H19FN2O3/c1-10-6-7-11(18)8-14(10)19-15(21)9-20-16(22)12-4-2-3-5-13(12)17(20)23/h6-8,12-13H,2-5,9H2,1H3,(H,19,21)/t12-,13-/m0/s1. The van der Waals surface area contributed by atoms with E-state index in [1.54, 1.807) is 13.0 Å². The van der Waals surface area contributed by atoms with Gasteiger partial charge in [0.25, 0.3) is 0 Å². The highest BCUT2D eigenvalue weighted by Crippen LogP contribution is 2.37. The third-order valence-corrected chi connectivity index (χ3v) is 4.71. The highest BCUT2D eigenvalue weighted by molar-refractivity contribution is 6.08. The third-order valence-electron chi connectivity index (χ3n) is 4.71. The molecule has 2 atom stereocenters. The molecule has 1 heterocycles. The lowest BCUT2D eigenvalue weighted by Crippen LogP contribution is -2.38. The first kappa shape index (κ1) is 15.6. The average Bonchev–Trinajstić information content (AvgIpc) is 2.76. The average molecular weight is 318 g/mol. The topological polar surface area (TPSA) is 66.5 Å². The Balaban J connectivity index is 1.69. The molecular weight excluding hydrogens is 299 g/mol. The summed E-state index contributed by atoms with van der Waals surface area (Å²) >= 11 is 0. The van der Waals surface area contributed by atoms with Gasteiger partial charge >= 0.3 is 0 Å². The molecule has 6 heteroatoms. The molecule has 0 spiro atoms. The van der Waals surface area contributed by atoms with Crippen molar-refractivity contribution >= 4 is 23.4 Å². The summed E-state index contributed by atoms with van der Waals surface area (Å²) in [7, 11) is 0. The van der Waals surface area contributed by atoms with E-state index >= 15 is 0 Å². The van der Waals surface area contributed by atoms with Gasteiger partial charge in [-0.2, -0.15) is 0 Å². The number of halogens is 1. The molecule has 2 fully saturated rings. The van der Waals surface area contributed by atoms with Gasteiger partial charge in [0.05, 0.1) is 11.8 Å². The normalized spacial score (nSPS) is 23.8. The first-order valence-corrected chi connectivity index (χ1v) is 7.88. The number of carbonyl (C=O) groups is 3. The molecule has 1 aromatic rings. The maximum absolute atomic E-state index is 13.3. The number of carbonyl (C=O) groups excluding carboxylic acids is 3. The van der Waals surface area contributed by atoms with Crippen molar-refractivity contribution in [1.29, 1.82) is 0 Å². The highest BCUT2D eigenvalue weighted by atomic mass is 19.1. The van der Waals surface area contributed by atoms with Crippen molar-refractivity contribution in [2.45, 2.75) is 32.6 Å². The van der Waals surface area contributed by atoms with Crippen molar-refractivity contribution in [2.24, 2.45) is 11.8 Å². The van der Waals surface area contributed by atoms with Gasteiger partial charge in [-0.25, -0.2) is 4.39 Å². The molecule has 3 amide bonds. The fourth-order valence-corrected chi connectivity index (χ4v) is 3.45. The van der Waals surface area contributed by atoms with Gasteiger partial charge in [0.2, 0.25) is 17.7 Å². The number of benzene rings is 1. The largest absolute Gasteiger partial charge is 0.324 e. The van der Waals surface area contributed by atoms with Crippen LogP contribution in [0.2, 0.25) is 0 Å². The number of hydrogen-bond donors (Lipinski definition) is 1. The molecule has 1 saturated carbocycles. The van der Waals surface area contributed by atoms with Gasteiger partial charge in [-0.1, -0.05) is 18.9 Å². The molecule has 23 heavy (non-hydrogen) atoms. The molecule has 1 aliphatic heterocycles. The first-order valence-electron chi connectivity index (χ1n) is 7.88. The van der Waals surface area contributed by atoms with Crippen LogP contribution in [-0.2, 0) is 14.4 Å². The molecule has 0 unspecified atom stereocenters. The Morgan fingerprint density at radius 3 is 2.43 bits per heavy atom. The zero-order valence-electron chi connectivity index (χ0n) is 13.0. The summed E-state index contributed by atoms with van der Waals surface area (Å²) in [5.41, 5.74) is 1.07. The van der Waals surface area contributed by atoms with Crippen LogP contribution in [0.1, 0.15) is 31.2 Å². The van der Waals surface area contributed by atoms with Crippen LogP contribution in [0.3, 0.4) is 0 Å². The summed E-state index contributed by atoms with van der Waals surface area (Å²) < 4.78 is 13.3. The molecule has 0 aromatic heterocycles. The highest BCUT2D eigenvalue weighted by Gasteiger charge is 2.48. The number of anilines is 1. The van der Waals surface area contributed by atoms with Gasteiger partial charge in [-0.05, 0) is 37.5 Å². The fourth-order valence-electron chi connectivity index (χ4n) is 3.45. The van der Waals surface area contributed by atoms with E-state index in [1.807, 2.05) is 0 Å². The van der Waals surface area contributed by atoms with Crippen LogP contribution in [0.4, 0.5) is 10.1 Å². The van der Waals surface area contributed by atoms with Gasteiger partial charge in [-0.15, -0.1) is 0 Å². The van der Waals surface area contributed by atoms with E-state index < -0.39 is 11.7 Å². The van der Waals surface area contributed by atoms with Gasteiger partial charge in [0.15, 0.2) is 0 Å². The minimum Gasteiger partial charge on any atom is -0.324 e. The minimum atomic E-state index is -0.487. The molecule has 0 radical (unpaired) electrons. The van der Waals surface area contributed by atoms with Crippen LogP contribution >= 0.6 is 0 Å². The van der Waals surface area contributed by atoms with Crippen LogP contribution in [0, 0.1) is 24.6 Å². The lowest BCUT2D eigenvalue weighted by Gasteiger charge is -2.19. The number of likely N-dealkylation sites (tertiary alicyclic amines) is 1. The predicted molar refractivity (Wildman–Crippen MR) is 81.9 cm³/mol. The Kier molecular flexibility index (Phi) is 4.15. The maximum Gasteiger partial charge on any atom is 0.244 e.